The lowest BCUT2D eigenvalue weighted by molar-refractivity contribution is 0.845. The Balaban J connectivity index is 3.35. The van der Waals surface area contributed by atoms with E-state index in [0.717, 1.165) is 0 Å². The molecule has 0 amide bonds. The minimum Gasteiger partial charge on any atom is -0.393 e. The summed E-state index contributed by atoms with van der Waals surface area (Å²) in [5.74, 6) is 0. The van der Waals surface area contributed by atoms with Crippen molar-refractivity contribution >= 4 is 5.69 Å². The maximum absolute atomic E-state index is 10.3. The van der Waals surface area contributed by atoms with Gasteiger partial charge in [-0.3, -0.25) is 4.79 Å². The highest BCUT2D eigenvalue weighted by atomic mass is 16.1. The molecule has 5 heteroatoms. The average Bonchev–Trinajstić information content (AvgIpc) is 1.77. The van der Waals surface area contributed by atoms with Gasteiger partial charge in [0.15, 0.2) is 0 Å². The molecule has 0 atom stereocenters. The summed E-state index contributed by atoms with van der Waals surface area (Å²) >= 11 is 0. The zero-order valence-electron chi connectivity index (χ0n) is 3.96. The van der Waals surface area contributed by atoms with Gasteiger partial charge < -0.3 is 5.73 Å². The molecule has 0 aliphatic heterocycles. The van der Waals surface area contributed by atoms with Crippen LogP contribution in [0.5, 0.6) is 0 Å². The lowest BCUT2D eigenvalue weighted by Gasteiger charge is -1.82. The fourth-order valence-electron chi connectivity index (χ4n) is 0.289. The van der Waals surface area contributed by atoms with E-state index in [0.29, 0.717) is 0 Å². The molecule has 0 fully saturated rings. The first-order valence-corrected chi connectivity index (χ1v) is 1.96. The summed E-state index contributed by atoms with van der Waals surface area (Å²) in [6.45, 7) is 0. The summed E-state index contributed by atoms with van der Waals surface area (Å²) in [7, 11) is 0. The predicted octanol–water partition coefficient (Wildman–Crippen LogP) is -1.25. The van der Waals surface area contributed by atoms with E-state index in [4.69, 9.17) is 5.73 Å². The quantitative estimate of drug-likeness (QED) is 0.439. The molecule has 0 spiro atoms. The van der Waals surface area contributed by atoms with Crippen LogP contribution in [0.4, 0.5) is 5.69 Å². The van der Waals surface area contributed by atoms with Gasteiger partial charge in [-0.05, 0) is 0 Å². The van der Waals surface area contributed by atoms with Crippen molar-refractivity contribution in [1.82, 2.24) is 15.4 Å². The molecule has 3 N–H and O–H groups in total. The average molecular weight is 112 g/mol. The number of nitrogens with two attached hydrogens (primary N) is 1. The molecule has 0 aliphatic rings. The maximum atomic E-state index is 10.3. The topological polar surface area (TPSA) is 84.7 Å². The normalized spacial score (nSPS) is 9.00. The summed E-state index contributed by atoms with van der Waals surface area (Å²) < 4.78 is 0. The Morgan fingerprint density at radius 2 is 2.50 bits per heavy atom. The van der Waals surface area contributed by atoms with Crippen LogP contribution in [0.25, 0.3) is 0 Å². The smallest absolute Gasteiger partial charge is 0.290 e. The molecule has 0 radical (unpaired) electrons. The van der Waals surface area contributed by atoms with Gasteiger partial charge in [0, 0.05) is 0 Å². The first-order chi connectivity index (χ1) is 3.80. The largest absolute Gasteiger partial charge is 0.393 e. The molecule has 0 aliphatic carbocycles. The van der Waals surface area contributed by atoms with E-state index >= 15 is 0 Å². The number of anilines is 1. The van der Waals surface area contributed by atoms with Crippen molar-refractivity contribution in [1.29, 1.82) is 0 Å². The summed E-state index contributed by atoms with van der Waals surface area (Å²) in [6.07, 6.45) is 1.19. The number of hydrogen-bond donors (Lipinski definition) is 2. The third-order valence-electron chi connectivity index (χ3n) is 0.668. The van der Waals surface area contributed by atoms with E-state index in [1.807, 2.05) is 0 Å². The fourth-order valence-corrected chi connectivity index (χ4v) is 0.289. The number of nitrogen functional groups attached to an aromatic ring is 1. The molecule has 1 heterocycles. The van der Waals surface area contributed by atoms with E-state index in [1.54, 1.807) is 0 Å². The Bertz CT molecular complexity index is 229. The van der Waals surface area contributed by atoms with Crippen molar-refractivity contribution in [2.75, 3.05) is 5.73 Å². The van der Waals surface area contributed by atoms with Crippen LogP contribution >= 0.6 is 0 Å². The predicted molar refractivity (Wildman–Crippen MR) is 27.1 cm³/mol. The van der Waals surface area contributed by atoms with E-state index in [2.05, 4.69) is 15.4 Å². The zero-order valence-corrected chi connectivity index (χ0v) is 3.96. The number of hydrogen-bond acceptors (Lipinski definition) is 4. The zero-order chi connectivity index (χ0) is 5.98. The lowest BCUT2D eigenvalue weighted by atomic mass is 10.6. The Morgan fingerprint density at radius 3 is 2.88 bits per heavy atom. The van der Waals surface area contributed by atoms with Gasteiger partial charge in [0.2, 0.25) is 0 Å². The number of rotatable bonds is 0. The highest BCUT2D eigenvalue weighted by Crippen LogP contribution is 1.77. The van der Waals surface area contributed by atoms with Crippen molar-refractivity contribution in [3.63, 3.8) is 0 Å². The molecule has 0 unspecified atom stereocenters. The van der Waals surface area contributed by atoms with Crippen LogP contribution in [0.15, 0.2) is 11.0 Å². The maximum Gasteiger partial charge on any atom is 0.290 e. The monoisotopic (exact) mass is 112 g/mol. The van der Waals surface area contributed by atoms with Crippen molar-refractivity contribution in [3.05, 3.63) is 16.6 Å². The van der Waals surface area contributed by atoms with Crippen LogP contribution in [0.3, 0.4) is 0 Å². The highest BCUT2D eigenvalue weighted by Gasteiger charge is 1.86. The molecule has 8 heavy (non-hydrogen) atoms. The van der Waals surface area contributed by atoms with Crippen LogP contribution in [-0.4, -0.2) is 15.4 Å². The van der Waals surface area contributed by atoms with E-state index < -0.39 is 5.56 Å². The van der Waals surface area contributed by atoms with Crippen molar-refractivity contribution in [3.8, 4) is 0 Å². The summed E-state index contributed by atoms with van der Waals surface area (Å²) in [5.41, 5.74) is 4.75. The SMILES string of the molecule is Nc1cnn[nH]c1=O. The third-order valence-corrected chi connectivity index (χ3v) is 0.668. The standard InChI is InChI=1S/C3H4N4O/c4-2-1-5-7-6-3(2)8/h1H,(H2,4,7)(H,5,6,8). The van der Waals surface area contributed by atoms with Gasteiger partial charge >= 0.3 is 0 Å². The first kappa shape index (κ1) is 4.76. The van der Waals surface area contributed by atoms with Gasteiger partial charge in [-0.2, -0.15) is 0 Å². The fraction of sp³-hybridized carbons (Fsp3) is 0. The molecule has 42 valence electrons. The van der Waals surface area contributed by atoms with Gasteiger partial charge in [-0.25, -0.2) is 5.10 Å². The molecule has 1 rings (SSSR count). The number of aromatic amines is 1. The summed E-state index contributed by atoms with van der Waals surface area (Å²) in [6, 6.07) is 0. The number of aromatic nitrogens is 3. The van der Waals surface area contributed by atoms with Crippen molar-refractivity contribution in [2.45, 2.75) is 0 Å². The Labute approximate surface area is 44.5 Å². The van der Waals surface area contributed by atoms with Crippen LogP contribution in [0.2, 0.25) is 0 Å². The molecule has 0 saturated heterocycles. The molecule has 0 aromatic carbocycles. The molecular formula is C3H4N4O. The van der Waals surface area contributed by atoms with E-state index in [9.17, 15) is 4.79 Å². The molecule has 0 bridgehead atoms. The molecular weight excluding hydrogens is 108 g/mol. The summed E-state index contributed by atoms with van der Waals surface area (Å²) in [4.78, 5) is 10.3. The van der Waals surface area contributed by atoms with Crippen molar-refractivity contribution < 1.29 is 0 Å². The van der Waals surface area contributed by atoms with E-state index in [-0.39, 0.29) is 5.69 Å². The molecule has 5 nitrogen and oxygen atoms in total. The number of nitrogens with one attached hydrogen (secondary N) is 1. The van der Waals surface area contributed by atoms with E-state index in [1.165, 1.54) is 6.20 Å². The second kappa shape index (κ2) is 1.61. The molecule has 1 aromatic rings. The number of H-pyrrole nitrogens is 1. The lowest BCUT2D eigenvalue weighted by Crippen LogP contribution is -2.13. The summed E-state index contributed by atoms with van der Waals surface area (Å²) in [5, 5.41) is 8.55. The van der Waals surface area contributed by atoms with Gasteiger partial charge in [0.05, 0.1) is 6.20 Å². The van der Waals surface area contributed by atoms with Gasteiger partial charge in [0.1, 0.15) is 5.69 Å². The number of nitrogens with zero attached hydrogens (tertiary/aromatic N) is 2. The molecule has 0 saturated carbocycles. The van der Waals surface area contributed by atoms with Gasteiger partial charge in [-0.1, -0.05) is 5.21 Å². The van der Waals surface area contributed by atoms with Crippen LogP contribution in [0.1, 0.15) is 0 Å². The van der Waals surface area contributed by atoms with Gasteiger partial charge in [-0.15, -0.1) is 5.10 Å². The molecule has 1 aromatic heterocycles. The first-order valence-electron chi connectivity index (χ1n) is 1.96. The third kappa shape index (κ3) is 0.651. The highest BCUT2D eigenvalue weighted by molar-refractivity contribution is 5.28. The van der Waals surface area contributed by atoms with Crippen molar-refractivity contribution in [2.24, 2.45) is 0 Å². The minimum absolute atomic E-state index is 0.0833. The van der Waals surface area contributed by atoms with Crippen LogP contribution < -0.4 is 11.3 Å². The second-order valence-electron chi connectivity index (χ2n) is 1.24. The Morgan fingerprint density at radius 1 is 1.75 bits per heavy atom. The second-order valence-corrected chi connectivity index (χ2v) is 1.24. The van der Waals surface area contributed by atoms with Crippen LogP contribution in [-0.2, 0) is 0 Å². The Kier molecular flexibility index (Phi) is 0.957. The van der Waals surface area contributed by atoms with Gasteiger partial charge in [0.25, 0.3) is 5.56 Å². The minimum atomic E-state index is -0.403. The Hall–Kier alpha value is -1.39. The van der Waals surface area contributed by atoms with Crippen LogP contribution in [0, 0.1) is 0 Å².